The summed E-state index contributed by atoms with van der Waals surface area (Å²) in [6.07, 6.45) is 0. The van der Waals surface area contributed by atoms with Crippen molar-refractivity contribution >= 4 is 16.5 Å². The molecule has 0 N–H and O–H groups in total. The fourth-order valence-electron chi connectivity index (χ4n) is 0. The average molecular weight is 170 g/mol. The number of hydrogen-bond acceptors (Lipinski definition) is 3. The Morgan fingerprint density at radius 3 is 1.20 bits per heavy atom. The third-order valence-corrected chi connectivity index (χ3v) is 0. The predicted octanol–water partition coefficient (Wildman–Crippen LogP) is -1.28. The van der Waals surface area contributed by atoms with Gasteiger partial charge in [0.25, 0.3) is 0 Å². The first-order valence-electron chi connectivity index (χ1n) is 0.697. The van der Waals surface area contributed by atoms with E-state index in [1.807, 2.05) is 0 Å². The molecule has 0 saturated heterocycles. The second-order valence-electron chi connectivity index (χ2n) is 0.0833. The Bertz CT molecular complexity index is 36.2. The van der Waals surface area contributed by atoms with Gasteiger partial charge in [0.15, 0.2) is 0 Å². The predicted molar refractivity (Wildman–Crippen MR) is 10.6 cm³/mol. The second-order valence-corrected chi connectivity index (χ2v) is 0.344. The number of rotatable bonds is 0. The van der Waals surface area contributed by atoms with E-state index in [0.29, 0.717) is 0 Å². The molecule has 5 heteroatoms. The minimum atomic E-state index is -2.00. The van der Waals surface area contributed by atoms with Crippen molar-refractivity contribution in [3.8, 4) is 0 Å². The molecule has 3 nitrogen and oxygen atoms in total. The van der Waals surface area contributed by atoms with E-state index in [1.54, 1.807) is 0 Å². The van der Waals surface area contributed by atoms with Crippen molar-refractivity contribution in [1.29, 1.82) is 0 Å². The van der Waals surface area contributed by atoms with E-state index in [-0.39, 0.29) is 16.5 Å². The summed E-state index contributed by atoms with van der Waals surface area (Å²) in [4.78, 5) is 0. The molecule has 0 unspecified atom stereocenters. The van der Waals surface area contributed by atoms with E-state index >= 15 is 0 Å². The van der Waals surface area contributed by atoms with Crippen LogP contribution in [0.3, 0.4) is 0 Å². The van der Waals surface area contributed by atoms with Crippen LogP contribution in [0.15, 0.2) is 0 Å². The maximum absolute atomic E-state index is 8.50. The molecule has 0 atom stereocenters. The van der Waals surface area contributed by atoms with E-state index in [1.165, 1.54) is 0 Å². The van der Waals surface area contributed by atoms with Crippen molar-refractivity contribution in [2.75, 3.05) is 0 Å². The molecule has 0 rings (SSSR count). The molecule has 5 heavy (non-hydrogen) atoms. The van der Waals surface area contributed by atoms with Gasteiger partial charge in [0.1, 0.15) is 0 Å². The molecule has 0 heterocycles. The molecule has 28 valence electrons. The third-order valence-electron chi connectivity index (χ3n) is 0. The summed E-state index contributed by atoms with van der Waals surface area (Å²) < 4.78 is 25.4. The zero-order valence-electron chi connectivity index (χ0n) is 2.43. The van der Waals surface area contributed by atoms with E-state index in [9.17, 15) is 0 Å². The van der Waals surface area contributed by atoms with E-state index in [4.69, 9.17) is 10.4 Å². The Hall–Kier alpha value is 0.657. The normalized spacial score (nSPS) is 2.40. The van der Waals surface area contributed by atoms with Crippen LogP contribution in [0.2, 0.25) is 0 Å². The molecule has 0 radical (unpaired) electrons. The second kappa shape index (κ2) is 22.7. The third kappa shape index (κ3) is 76.1. The molecule has 0 aliphatic heterocycles. The molecule has 0 aromatic rings. The maximum atomic E-state index is 8.50. The van der Waals surface area contributed by atoms with Crippen molar-refractivity contribution in [3.05, 3.63) is 0 Å². The summed E-state index contributed by atoms with van der Waals surface area (Å²) in [5.41, 5.74) is 0. The molecule has 0 amide bonds. The van der Waals surface area contributed by atoms with Crippen molar-refractivity contribution in [3.63, 3.8) is 0 Å². The van der Waals surface area contributed by atoms with Crippen LogP contribution in [0.1, 0.15) is 0 Å². The van der Waals surface area contributed by atoms with E-state index < -0.39 is 19.1 Å². The Kier molecular flexibility index (Phi) is 41.6. The van der Waals surface area contributed by atoms with Crippen molar-refractivity contribution in [1.82, 2.24) is 0 Å². The standard InChI is InChI=1S/GeH2O.2O.Ti/c1-2;;;/h1H2;;;. The van der Waals surface area contributed by atoms with Crippen LogP contribution >= 0.6 is 0 Å². The molecule has 0 saturated carbocycles. The Balaban J connectivity index is 0. The monoisotopic (exact) mass is 172 g/mol. The summed E-state index contributed by atoms with van der Waals surface area (Å²) in [5, 5.41) is 0. The van der Waals surface area contributed by atoms with Gasteiger partial charge in [0.05, 0.1) is 0 Å². The van der Waals surface area contributed by atoms with Crippen LogP contribution in [0.4, 0.5) is 0 Å². The van der Waals surface area contributed by atoms with E-state index in [0.717, 1.165) is 0 Å². The SMILES string of the molecule is [O]=[GeH2].[O]=[Ti]=[O]. The van der Waals surface area contributed by atoms with Crippen LogP contribution < -0.4 is 0 Å². The topological polar surface area (TPSA) is 51.2 Å². The van der Waals surface area contributed by atoms with Crippen molar-refractivity contribution in [2.24, 2.45) is 0 Å². The zero-order chi connectivity index (χ0) is 4.71. The van der Waals surface area contributed by atoms with Gasteiger partial charge < -0.3 is 0 Å². The summed E-state index contributed by atoms with van der Waals surface area (Å²) in [6, 6.07) is 0. The van der Waals surface area contributed by atoms with Gasteiger partial charge in [-0.05, 0) is 0 Å². The molecular weight excluding hydrogens is 168 g/mol. The van der Waals surface area contributed by atoms with Crippen LogP contribution in [0, 0.1) is 0 Å². The quantitative estimate of drug-likeness (QED) is 0.426. The fourth-order valence-corrected chi connectivity index (χ4v) is 0. The Morgan fingerprint density at radius 1 is 1.20 bits per heavy atom. The van der Waals surface area contributed by atoms with Crippen LogP contribution in [-0.4, -0.2) is 16.5 Å². The van der Waals surface area contributed by atoms with Gasteiger partial charge in [-0.15, -0.1) is 0 Å². The van der Waals surface area contributed by atoms with Gasteiger partial charge in [0, 0.05) is 0 Å². The minimum absolute atomic E-state index is 0.125. The summed E-state index contributed by atoms with van der Waals surface area (Å²) in [5.74, 6) is 0. The average Bonchev–Trinajstić information content (AvgIpc) is 1.46. The van der Waals surface area contributed by atoms with E-state index in [2.05, 4.69) is 0 Å². The summed E-state index contributed by atoms with van der Waals surface area (Å²) >= 11 is -1.88. The Morgan fingerprint density at radius 2 is 1.20 bits per heavy atom. The molecule has 0 aliphatic carbocycles. The molecule has 0 aromatic carbocycles. The molecule has 0 aliphatic rings. The van der Waals surface area contributed by atoms with Crippen molar-refractivity contribution < 1.29 is 29.5 Å². The first kappa shape index (κ1) is 9.17. The summed E-state index contributed by atoms with van der Waals surface area (Å²) in [6.45, 7) is 0. The first-order chi connectivity index (χ1) is 2.41. The van der Waals surface area contributed by atoms with Gasteiger partial charge in [-0.25, -0.2) is 0 Å². The summed E-state index contributed by atoms with van der Waals surface area (Å²) in [7, 11) is 0. The van der Waals surface area contributed by atoms with Crippen molar-refractivity contribution in [2.45, 2.75) is 0 Å². The number of hydrogen-bond donors (Lipinski definition) is 0. The molecule has 0 fully saturated rings. The molecule has 0 bridgehead atoms. The molecular formula is H2GeO3Ti. The first-order valence-corrected chi connectivity index (χ1v) is 3.18. The van der Waals surface area contributed by atoms with Gasteiger partial charge >= 0.3 is 46.0 Å². The van der Waals surface area contributed by atoms with Gasteiger partial charge in [-0.1, -0.05) is 0 Å². The van der Waals surface area contributed by atoms with Crippen LogP contribution in [0.5, 0.6) is 0 Å². The zero-order valence-corrected chi connectivity index (χ0v) is 6.96. The Labute approximate surface area is 46.1 Å². The van der Waals surface area contributed by atoms with Gasteiger partial charge in [-0.2, -0.15) is 0 Å². The van der Waals surface area contributed by atoms with Gasteiger partial charge in [0.2, 0.25) is 0 Å². The van der Waals surface area contributed by atoms with Crippen LogP contribution in [0.25, 0.3) is 0 Å². The molecule has 0 spiro atoms. The fraction of sp³-hybridized carbons (Fsp3) is 0. The van der Waals surface area contributed by atoms with Gasteiger partial charge in [-0.3, -0.25) is 0 Å². The van der Waals surface area contributed by atoms with Crippen LogP contribution in [-0.2, 0) is 29.5 Å². The molecule has 0 aromatic heterocycles.